The van der Waals surface area contributed by atoms with Gasteiger partial charge in [-0.3, -0.25) is 14.4 Å². The van der Waals surface area contributed by atoms with Crippen molar-refractivity contribution < 1.29 is 28.6 Å². The van der Waals surface area contributed by atoms with Crippen molar-refractivity contribution in [3.63, 3.8) is 0 Å². The zero-order chi connectivity index (χ0) is 48.6. The van der Waals surface area contributed by atoms with Crippen molar-refractivity contribution in [1.82, 2.24) is 0 Å². The number of carbonyl (C=O) groups excluding carboxylic acids is 3. The van der Waals surface area contributed by atoms with Crippen molar-refractivity contribution in [2.45, 2.75) is 245 Å². The van der Waals surface area contributed by atoms with Crippen molar-refractivity contribution in [3.8, 4) is 0 Å². The van der Waals surface area contributed by atoms with Crippen LogP contribution >= 0.6 is 0 Å². The van der Waals surface area contributed by atoms with E-state index in [0.717, 1.165) is 116 Å². The van der Waals surface area contributed by atoms with E-state index < -0.39 is 12.1 Å². The minimum atomic E-state index is -0.826. The molecule has 0 unspecified atom stereocenters. The molecule has 0 aromatic rings. The zero-order valence-corrected chi connectivity index (χ0v) is 43.4. The highest BCUT2D eigenvalue weighted by atomic mass is 16.6. The number of rotatable bonds is 48. The maximum atomic E-state index is 12.8. The predicted octanol–water partition coefficient (Wildman–Crippen LogP) is 18.3. The summed E-state index contributed by atoms with van der Waals surface area (Å²) >= 11 is 0. The van der Waals surface area contributed by atoms with Gasteiger partial charge in [0.2, 0.25) is 0 Å². The Morgan fingerprint density at radius 1 is 0.313 bits per heavy atom. The summed E-state index contributed by atoms with van der Waals surface area (Å²) < 4.78 is 16.8. The molecule has 1 atom stereocenters. The first-order chi connectivity index (χ1) is 33.0. The van der Waals surface area contributed by atoms with E-state index in [1.54, 1.807) is 0 Å². The van der Waals surface area contributed by atoms with Crippen LogP contribution in [0.25, 0.3) is 0 Å². The van der Waals surface area contributed by atoms with Crippen molar-refractivity contribution in [3.05, 3.63) is 109 Å². The second-order valence-electron chi connectivity index (χ2n) is 17.7. The number of esters is 3. The maximum absolute atomic E-state index is 12.8. The predicted molar refractivity (Wildman–Crippen MR) is 288 cm³/mol. The van der Waals surface area contributed by atoms with Crippen LogP contribution in [0.5, 0.6) is 0 Å². The molecule has 0 saturated carbocycles. The Balaban J connectivity index is 4.54. The van der Waals surface area contributed by atoms with Crippen LogP contribution in [0.1, 0.15) is 239 Å². The highest BCUT2D eigenvalue weighted by Gasteiger charge is 2.19. The molecule has 0 rings (SSSR count). The number of hydrogen-bond acceptors (Lipinski definition) is 6. The fourth-order valence-corrected chi connectivity index (χ4v) is 7.25. The number of ether oxygens (including phenoxy) is 3. The van der Waals surface area contributed by atoms with Crippen molar-refractivity contribution in [1.29, 1.82) is 0 Å². The van der Waals surface area contributed by atoms with E-state index in [-0.39, 0.29) is 31.6 Å². The molecule has 0 spiro atoms. The lowest BCUT2D eigenvalue weighted by Crippen LogP contribution is -2.30. The smallest absolute Gasteiger partial charge is 0.306 e. The molecule has 0 aromatic heterocycles. The maximum Gasteiger partial charge on any atom is 0.306 e. The van der Waals surface area contributed by atoms with Gasteiger partial charge in [0, 0.05) is 19.3 Å². The van der Waals surface area contributed by atoms with Gasteiger partial charge in [-0.25, -0.2) is 0 Å². The molecule has 0 aliphatic carbocycles. The Bertz CT molecular complexity index is 1390. The van der Waals surface area contributed by atoms with Gasteiger partial charge in [0.05, 0.1) is 0 Å². The van der Waals surface area contributed by atoms with Crippen LogP contribution in [0.4, 0.5) is 0 Å². The number of allylic oxidation sites excluding steroid dienone is 18. The number of unbranched alkanes of at least 4 members (excludes halogenated alkanes) is 19. The molecule has 380 valence electrons. The van der Waals surface area contributed by atoms with Gasteiger partial charge in [0.15, 0.2) is 6.10 Å². The summed E-state index contributed by atoms with van der Waals surface area (Å²) in [5.41, 5.74) is 0. The zero-order valence-electron chi connectivity index (χ0n) is 43.4. The first-order valence-corrected chi connectivity index (χ1v) is 27.4. The minimum Gasteiger partial charge on any atom is -0.462 e. The van der Waals surface area contributed by atoms with Gasteiger partial charge >= 0.3 is 17.9 Å². The molecule has 0 aliphatic heterocycles. The minimum absolute atomic E-state index is 0.114. The summed E-state index contributed by atoms with van der Waals surface area (Å²) in [6.45, 7) is 6.34. The lowest BCUT2D eigenvalue weighted by Gasteiger charge is -2.18. The van der Waals surface area contributed by atoms with E-state index in [1.165, 1.54) is 77.0 Å². The van der Waals surface area contributed by atoms with Gasteiger partial charge in [-0.1, -0.05) is 239 Å². The van der Waals surface area contributed by atoms with Crippen LogP contribution in [-0.4, -0.2) is 37.2 Å². The topological polar surface area (TPSA) is 78.9 Å². The fourth-order valence-electron chi connectivity index (χ4n) is 7.25. The quantitative estimate of drug-likeness (QED) is 0.0262. The molecule has 67 heavy (non-hydrogen) atoms. The molecular weight excluding hydrogens is 829 g/mol. The van der Waals surface area contributed by atoms with E-state index in [9.17, 15) is 14.4 Å². The van der Waals surface area contributed by atoms with Gasteiger partial charge in [-0.05, 0) is 89.9 Å². The second-order valence-corrected chi connectivity index (χ2v) is 17.7. The van der Waals surface area contributed by atoms with Crippen LogP contribution < -0.4 is 0 Å². The number of carbonyl (C=O) groups is 3. The average molecular weight is 929 g/mol. The molecule has 0 bridgehead atoms. The third-order valence-corrected chi connectivity index (χ3v) is 11.3. The molecule has 0 N–H and O–H groups in total. The standard InChI is InChI=1S/C61H100O6/c1-4-7-10-13-16-19-22-25-28-29-30-31-34-37-40-43-46-49-52-55-61(64)67-58(56-65-59(62)53-50-47-44-41-38-35-32-26-23-20-17-14-11-8-5-2)57-66-60(63)54-51-48-45-42-39-36-33-27-24-21-18-15-12-9-6-3/h7-8,10-11,16-17,19-20,25-26,28,30-32,37,40,46,49,58H,4-6,9,12-15,18,21-24,27,29,33-36,38-39,41-45,47-48,50-57H2,1-3H3/b10-7-,11-8-,19-16-,20-17-,28-25-,31-30-,32-26-,40-37-,49-46-/t58-/m1/s1. The van der Waals surface area contributed by atoms with Crippen LogP contribution in [0.15, 0.2) is 109 Å². The molecule has 0 amide bonds. The molecule has 0 saturated heterocycles. The van der Waals surface area contributed by atoms with Gasteiger partial charge in [0.1, 0.15) is 13.2 Å². The Labute approximate surface area is 412 Å². The van der Waals surface area contributed by atoms with E-state index >= 15 is 0 Å². The lowest BCUT2D eigenvalue weighted by molar-refractivity contribution is -0.166. The van der Waals surface area contributed by atoms with E-state index in [1.807, 2.05) is 12.2 Å². The van der Waals surface area contributed by atoms with Gasteiger partial charge in [-0.2, -0.15) is 0 Å². The summed E-state index contributed by atoms with van der Waals surface area (Å²) in [5.74, 6) is -1.02. The third kappa shape index (κ3) is 52.9. The summed E-state index contributed by atoms with van der Waals surface area (Å²) in [7, 11) is 0. The summed E-state index contributed by atoms with van der Waals surface area (Å²) in [4.78, 5) is 38.1. The first kappa shape index (κ1) is 63.1. The number of hydrogen-bond donors (Lipinski definition) is 0. The molecule has 6 nitrogen and oxygen atoms in total. The van der Waals surface area contributed by atoms with Crippen LogP contribution in [-0.2, 0) is 28.6 Å². The first-order valence-electron chi connectivity index (χ1n) is 27.4. The van der Waals surface area contributed by atoms with Gasteiger partial charge in [0.25, 0.3) is 0 Å². The Morgan fingerprint density at radius 3 is 0.970 bits per heavy atom. The van der Waals surface area contributed by atoms with E-state index in [4.69, 9.17) is 14.2 Å². The van der Waals surface area contributed by atoms with Crippen LogP contribution in [0, 0.1) is 0 Å². The van der Waals surface area contributed by atoms with E-state index in [0.29, 0.717) is 19.3 Å². The average Bonchev–Trinajstić information content (AvgIpc) is 3.33. The molecule has 0 radical (unpaired) electrons. The highest BCUT2D eigenvalue weighted by molar-refractivity contribution is 5.71. The second kappa shape index (κ2) is 54.7. The monoisotopic (exact) mass is 929 g/mol. The molecular formula is C61H100O6. The van der Waals surface area contributed by atoms with Crippen LogP contribution in [0.3, 0.4) is 0 Å². The van der Waals surface area contributed by atoms with E-state index in [2.05, 4.69) is 118 Å². The molecule has 0 heterocycles. The molecule has 0 aromatic carbocycles. The summed E-state index contributed by atoms with van der Waals surface area (Å²) in [5, 5.41) is 0. The Hall–Kier alpha value is -3.93. The van der Waals surface area contributed by atoms with Gasteiger partial charge < -0.3 is 14.2 Å². The largest absolute Gasteiger partial charge is 0.462 e. The third-order valence-electron chi connectivity index (χ3n) is 11.3. The molecule has 0 aliphatic rings. The van der Waals surface area contributed by atoms with Gasteiger partial charge in [-0.15, -0.1) is 0 Å². The van der Waals surface area contributed by atoms with Crippen LogP contribution in [0.2, 0.25) is 0 Å². The Morgan fingerprint density at radius 2 is 0.612 bits per heavy atom. The highest BCUT2D eigenvalue weighted by Crippen LogP contribution is 2.15. The SMILES string of the molecule is CC/C=C\C/C=C\C/C=C\C/C=C\C/C=C\C/C=C\CCC(=O)O[C@H](COC(=O)CCCCCCC/C=C\C/C=C\C/C=C\CC)COC(=O)CCCCCCCCCCCCCCCCC. The summed E-state index contributed by atoms with van der Waals surface area (Å²) in [6.07, 6.45) is 73.7. The molecule has 0 fully saturated rings. The Kier molecular flexibility index (Phi) is 51.5. The van der Waals surface area contributed by atoms with Crippen molar-refractivity contribution in [2.75, 3.05) is 13.2 Å². The summed E-state index contributed by atoms with van der Waals surface area (Å²) in [6, 6.07) is 0. The normalized spacial score (nSPS) is 12.9. The van der Waals surface area contributed by atoms with Crippen molar-refractivity contribution in [2.24, 2.45) is 0 Å². The van der Waals surface area contributed by atoms with Crippen molar-refractivity contribution >= 4 is 17.9 Å². The molecule has 6 heteroatoms. The fraction of sp³-hybridized carbons (Fsp3) is 0.656. The lowest BCUT2D eigenvalue weighted by atomic mass is 10.0.